The molecule has 1 aliphatic carbocycles. The van der Waals surface area contributed by atoms with E-state index in [0.29, 0.717) is 18.9 Å². The van der Waals surface area contributed by atoms with E-state index in [1.165, 1.54) is 6.42 Å². The van der Waals surface area contributed by atoms with Crippen molar-refractivity contribution < 1.29 is 4.79 Å². The number of benzene rings is 1. The van der Waals surface area contributed by atoms with Crippen LogP contribution in [-0.2, 0) is 11.2 Å². The van der Waals surface area contributed by atoms with Crippen LogP contribution in [0.5, 0.6) is 0 Å². The lowest BCUT2D eigenvalue weighted by Gasteiger charge is -2.25. The maximum Gasteiger partial charge on any atom is 0.251 e. The van der Waals surface area contributed by atoms with Crippen LogP contribution >= 0.6 is 0 Å². The van der Waals surface area contributed by atoms with Gasteiger partial charge in [-0.2, -0.15) is 0 Å². The van der Waals surface area contributed by atoms with E-state index in [-0.39, 0.29) is 17.5 Å². The number of likely N-dealkylation sites (tertiary alicyclic amines) is 1. The average Bonchev–Trinajstić information content (AvgIpc) is 3.13. The minimum absolute atomic E-state index is 0.0276. The summed E-state index contributed by atoms with van der Waals surface area (Å²) in [5.74, 6) is 1.19. The highest BCUT2D eigenvalue weighted by atomic mass is 16.2. The Morgan fingerprint density at radius 3 is 2.61 bits per heavy atom. The molecule has 0 bridgehead atoms. The van der Waals surface area contributed by atoms with Gasteiger partial charge >= 0.3 is 0 Å². The third-order valence-electron chi connectivity index (χ3n) is 5.82. The molecule has 6 nitrogen and oxygen atoms in total. The Bertz CT molecular complexity index is 854. The molecular weight excluding hydrogens is 352 g/mol. The van der Waals surface area contributed by atoms with E-state index in [1.807, 2.05) is 30.3 Å². The van der Waals surface area contributed by atoms with Gasteiger partial charge in [0.15, 0.2) is 0 Å². The van der Waals surface area contributed by atoms with Crippen molar-refractivity contribution in [2.75, 3.05) is 19.6 Å². The molecule has 4 rings (SSSR count). The molecule has 2 heterocycles. The minimum atomic E-state index is -0.195. The number of nitrogens with zero attached hydrogens (tertiary/aromatic N) is 2. The topological polar surface area (TPSA) is 78.1 Å². The van der Waals surface area contributed by atoms with Gasteiger partial charge in [-0.1, -0.05) is 36.8 Å². The van der Waals surface area contributed by atoms with E-state index in [9.17, 15) is 9.59 Å². The summed E-state index contributed by atoms with van der Waals surface area (Å²) in [6, 6.07) is 11.3. The van der Waals surface area contributed by atoms with Crippen molar-refractivity contribution in [2.24, 2.45) is 0 Å². The number of hydrogen-bond donors (Lipinski definition) is 2. The molecule has 0 radical (unpaired) electrons. The lowest BCUT2D eigenvalue weighted by Crippen LogP contribution is -2.38. The van der Waals surface area contributed by atoms with Crippen LogP contribution in [0.2, 0.25) is 0 Å². The summed E-state index contributed by atoms with van der Waals surface area (Å²) in [5, 5.41) is 3.17. The van der Waals surface area contributed by atoms with E-state index in [4.69, 9.17) is 4.98 Å². The van der Waals surface area contributed by atoms with E-state index >= 15 is 0 Å². The van der Waals surface area contributed by atoms with Crippen LogP contribution < -0.4 is 10.9 Å². The molecule has 0 spiro atoms. The van der Waals surface area contributed by atoms with E-state index in [1.54, 1.807) is 6.07 Å². The number of hydrogen-bond acceptors (Lipinski definition) is 4. The third kappa shape index (κ3) is 4.68. The van der Waals surface area contributed by atoms with Crippen LogP contribution in [0.15, 0.2) is 41.2 Å². The standard InChI is InChI=1S/C22H28N4O2/c27-20-14-18(23-22(25-20)17-9-6-10-17)13-19(16-7-2-1-3-8-16)24-21(28)15-26-11-4-5-12-26/h1-3,7-8,14,17,19H,4-6,9-13,15H2,(H,24,28)(H,23,25,27)/t19-/m1/s1. The Balaban J connectivity index is 1.51. The first-order chi connectivity index (χ1) is 13.7. The molecular formula is C22H28N4O2. The smallest absolute Gasteiger partial charge is 0.251 e. The van der Waals surface area contributed by atoms with E-state index in [0.717, 1.165) is 55.9 Å². The Morgan fingerprint density at radius 1 is 1.18 bits per heavy atom. The van der Waals surface area contributed by atoms with Crippen molar-refractivity contribution in [2.45, 2.75) is 50.5 Å². The monoisotopic (exact) mass is 380 g/mol. The van der Waals surface area contributed by atoms with Gasteiger partial charge in [-0.3, -0.25) is 14.5 Å². The zero-order chi connectivity index (χ0) is 19.3. The number of amides is 1. The highest BCUT2D eigenvalue weighted by Gasteiger charge is 2.24. The molecule has 2 aromatic rings. The molecule has 1 aliphatic heterocycles. The summed E-state index contributed by atoms with van der Waals surface area (Å²) in [6.07, 6.45) is 6.20. The van der Waals surface area contributed by atoms with Crippen LogP contribution in [0.1, 0.15) is 61.1 Å². The quantitative estimate of drug-likeness (QED) is 0.774. The molecule has 1 saturated heterocycles. The highest BCUT2D eigenvalue weighted by Crippen LogP contribution is 2.34. The molecule has 2 fully saturated rings. The molecule has 2 aliphatic rings. The van der Waals surface area contributed by atoms with Crippen LogP contribution in [0, 0.1) is 0 Å². The predicted molar refractivity (Wildman–Crippen MR) is 108 cm³/mol. The predicted octanol–water partition coefficient (Wildman–Crippen LogP) is 2.53. The average molecular weight is 380 g/mol. The van der Waals surface area contributed by atoms with Gasteiger partial charge in [0.25, 0.3) is 5.56 Å². The van der Waals surface area contributed by atoms with Crippen molar-refractivity contribution in [3.8, 4) is 0 Å². The first kappa shape index (κ1) is 18.9. The third-order valence-corrected chi connectivity index (χ3v) is 5.82. The van der Waals surface area contributed by atoms with Gasteiger partial charge in [0.05, 0.1) is 18.3 Å². The molecule has 28 heavy (non-hydrogen) atoms. The maximum absolute atomic E-state index is 12.6. The second-order valence-corrected chi connectivity index (χ2v) is 7.97. The molecule has 1 aromatic heterocycles. The van der Waals surface area contributed by atoms with Crippen molar-refractivity contribution in [3.05, 3.63) is 63.8 Å². The second-order valence-electron chi connectivity index (χ2n) is 7.97. The minimum Gasteiger partial charge on any atom is -0.348 e. The van der Waals surface area contributed by atoms with Gasteiger partial charge in [-0.15, -0.1) is 0 Å². The number of aromatic amines is 1. The van der Waals surface area contributed by atoms with Crippen LogP contribution in [0.4, 0.5) is 0 Å². The van der Waals surface area contributed by atoms with Gasteiger partial charge in [-0.25, -0.2) is 4.98 Å². The molecule has 1 saturated carbocycles. The highest BCUT2D eigenvalue weighted by molar-refractivity contribution is 5.78. The van der Waals surface area contributed by atoms with E-state index < -0.39 is 0 Å². The molecule has 1 amide bonds. The largest absolute Gasteiger partial charge is 0.348 e. The summed E-state index contributed by atoms with van der Waals surface area (Å²) < 4.78 is 0. The van der Waals surface area contributed by atoms with Crippen molar-refractivity contribution in [1.82, 2.24) is 20.2 Å². The van der Waals surface area contributed by atoms with Gasteiger partial charge in [0, 0.05) is 18.4 Å². The summed E-state index contributed by atoms with van der Waals surface area (Å²) >= 11 is 0. The molecule has 148 valence electrons. The number of carbonyl (C=O) groups is 1. The molecule has 1 atom stereocenters. The summed E-state index contributed by atoms with van der Waals surface area (Å²) in [4.78, 5) is 34.6. The Hall–Kier alpha value is -2.47. The van der Waals surface area contributed by atoms with Crippen molar-refractivity contribution >= 4 is 5.91 Å². The van der Waals surface area contributed by atoms with Gasteiger partial charge in [-0.05, 0) is 44.3 Å². The molecule has 2 N–H and O–H groups in total. The fourth-order valence-corrected chi connectivity index (χ4v) is 4.04. The first-order valence-electron chi connectivity index (χ1n) is 10.3. The Morgan fingerprint density at radius 2 is 1.93 bits per heavy atom. The summed E-state index contributed by atoms with van der Waals surface area (Å²) in [5.41, 5.74) is 1.66. The lowest BCUT2D eigenvalue weighted by atomic mass is 9.85. The number of carbonyl (C=O) groups excluding carboxylic acids is 1. The lowest BCUT2D eigenvalue weighted by molar-refractivity contribution is -0.122. The Kier molecular flexibility index (Phi) is 5.86. The molecule has 6 heteroatoms. The van der Waals surface area contributed by atoms with Gasteiger partial charge in [0.1, 0.15) is 5.82 Å². The summed E-state index contributed by atoms with van der Waals surface area (Å²) in [6.45, 7) is 2.41. The zero-order valence-corrected chi connectivity index (χ0v) is 16.2. The van der Waals surface area contributed by atoms with Gasteiger partial charge < -0.3 is 10.3 Å². The Labute approximate surface area is 165 Å². The number of aromatic nitrogens is 2. The fraction of sp³-hybridized carbons (Fsp3) is 0.500. The second kappa shape index (κ2) is 8.69. The number of rotatable bonds is 7. The van der Waals surface area contributed by atoms with Crippen molar-refractivity contribution in [1.29, 1.82) is 0 Å². The number of nitrogens with one attached hydrogen (secondary N) is 2. The van der Waals surface area contributed by atoms with Crippen molar-refractivity contribution in [3.63, 3.8) is 0 Å². The van der Waals surface area contributed by atoms with E-state index in [2.05, 4.69) is 15.2 Å². The first-order valence-corrected chi connectivity index (χ1v) is 10.3. The van der Waals surface area contributed by atoms with Crippen LogP contribution in [-0.4, -0.2) is 40.4 Å². The number of H-pyrrole nitrogens is 1. The molecule has 1 aromatic carbocycles. The molecule has 0 unspecified atom stereocenters. The fourth-order valence-electron chi connectivity index (χ4n) is 4.04. The zero-order valence-electron chi connectivity index (χ0n) is 16.2. The summed E-state index contributed by atoms with van der Waals surface area (Å²) in [7, 11) is 0. The van der Waals surface area contributed by atoms with Crippen LogP contribution in [0.25, 0.3) is 0 Å². The normalized spacial score (nSPS) is 18.6. The maximum atomic E-state index is 12.6. The van der Waals surface area contributed by atoms with Gasteiger partial charge in [0.2, 0.25) is 5.91 Å². The SMILES string of the molecule is O=C(CN1CCCC1)N[C@H](Cc1cc(=O)[nH]c(C2CCC2)n1)c1ccccc1. The van der Waals surface area contributed by atoms with Crippen LogP contribution in [0.3, 0.4) is 0 Å².